The lowest BCUT2D eigenvalue weighted by Gasteiger charge is -2.22. The molecule has 1 rings (SSSR count). The van der Waals surface area contributed by atoms with Crippen LogP contribution in [0.1, 0.15) is 47.1 Å². The van der Waals surface area contributed by atoms with Crippen molar-refractivity contribution in [3.63, 3.8) is 0 Å². The summed E-state index contributed by atoms with van der Waals surface area (Å²) in [7, 11) is 0. The van der Waals surface area contributed by atoms with Crippen molar-refractivity contribution in [1.29, 1.82) is 0 Å². The number of hydrogen-bond donors (Lipinski definition) is 2. The van der Waals surface area contributed by atoms with Crippen molar-refractivity contribution in [1.82, 2.24) is 5.32 Å². The minimum atomic E-state index is 0.00178. The van der Waals surface area contributed by atoms with Crippen molar-refractivity contribution in [2.45, 2.75) is 53.6 Å². The maximum Gasteiger partial charge on any atom is 0.0851 e. The molecule has 2 nitrogen and oxygen atoms in total. The molecule has 0 aromatic heterocycles. The van der Waals surface area contributed by atoms with Crippen molar-refractivity contribution in [3.8, 4) is 0 Å². The maximum absolute atomic E-state index is 5.38. The number of hydrogen-bond acceptors (Lipinski definition) is 2. The van der Waals surface area contributed by atoms with E-state index in [1.54, 1.807) is 0 Å². The normalized spacial score (nSPS) is 12.3. The second-order valence-corrected chi connectivity index (χ2v) is 7.41. The van der Waals surface area contributed by atoms with Crippen LogP contribution in [0.5, 0.6) is 0 Å². The summed E-state index contributed by atoms with van der Waals surface area (Å²) < 4.78 is 0. The molecule has 0 atom stereocenters. The largest absolute Gasteiger partial charge is 0.350 e. The Bertz CT molecular complexity index is 422. The fraction of sp³-hybridized carbons (Fsp3) is 0.562. The number of nitrogens with one attached hydrogen (secondary N) is 2. The van der Waals surface area contributed by atoms with Crippen molar-refractivity contribution in [2.24, 2.45) is 5.41 Å². The molecule has 0 fully saturated rings. The van der Waals surface area contributed by atoms with E-state index in [0.717, 1.165) is 17.2 Å². The van der Waals surface area contributed by atoms with Crippen LogP contribution in [0.15, 0.2) is 24.3 Å². The van der Waals surface area contributed by atoms with Gasteiger partial charge in [0.25, 0.3) is 0 Å². The lowest BCUT2D eigenvalue weighted by molar-refractivity contribution is 0.424. The van der Waals surface area contributed by atoms with E-state index in [1.807, 2.05) is 0 Å². The molecule has 0 aliphatic heterocycles. The minimum absolute atomic E-state index is 0.00178. The Morgan fingerprint density at radius 3 is 1.95 bits per heavy atom. The average Bonchev–Trinajstić information content (AvgIpc) is 2.26. The van der Waals surface area contributed by atoms with E-state index in [1.165, 1.54) is 5.56 Å². The van der Waals surface area contributed by atoms with Gasteiger partial charge < -0.3 is 10.6 Å². The van der Waals surface area contributed by atoms with Crippen molar-refractivity contribution < 1.29 is 0 Å². The molecule has 0 aliphatic rings. The zero-order valence-electron chi connectivity index (χ0n) is 12.9. The number of anilines is 1. The van der Waals surface area contributed by atoms with Crippen LogP contribution >= 0.6 is 12.2 Å². The summed E-state index contributed by atoms with van der Waals surface area (Å²) in [5.74, 6) is 0. The number of rotatable bonds is 3. The van der Waals surface area contributed by atoms with Crippen LogP contribution in [0.4, 0.5) is 5.69 Å². The SMILES string of the molecule is CC(C)(C)NCc1ccc(NC(=S)C(C)(C)C)cc1. The zero-order chi connectivity index (χ0) is 14.7. The van der Waals surface area contributed by atoms with Gasteiger partial charge in [0.1, 0.15) is 0 Å². The number of thiocarbonyl (C=S) groups is 1. The summed E-state index contributed by atoms with van der Waals surface area (Å²) in [4.78, 5) is 0.869. The van der Waals surface area contributed by atoms with Gasteiger partial charge in [0.05, 0.1) is 4.99 Å². The third kappa shape index (κ3) is 6.17. The predicted octanol–water partition coefficient (Wildman–Crippen LogP) is 4.36. The Morgan fingerprint density at radius 2 is 1.53 bits per heavy atom. The first-order valence-electron chi connectivity index (χ1n) is 6.73. The molecule has 0 radical (unpaired) electrons. The van der Waals surface area contributed by atoms with Crippen LogP contribution in [-0.4, -0.2) is 10.5 Å². The Balaban J connectivity index is 2.60. The second kappa shape index (κ2) is 6.02. The van der Waals surface area contributed by atoms with E-state index in [0.29, 0.717) is 0 Å². The fourth-order valence-corrected chi connectivity index (χ4v) is 1.51. The highest BCUT2D eigenvalue weighted by atomic mass is 32.1. The molecule has 0 spiro atoms. The molecule has 0 heterocycles. The molecule has 2 N–H and O–H groups in total. The summed E-state index contributed by atoms with van der Waals surface area (Å²) >= 11 is 5.38. The van der Waals surface area contributed by atoms with Gasteiger partial charge in [-0.15, -0.1) is 0 Å². The quantitative estimate of drug-likeness (QED) is 0.803. The molecule has 0 saturated carbocycles. The molecule has 0 saturated heterocycles. The lowest BCUT2D eigenvalue weighted by atomic mass is 9.96. The van der Waals surface area contributed by atoms with E-state index in [-0.39, 0.29) is 11.0 Å². The predicted molar refractivity (Wildman–Crippen MR) is 88.7 cm³/mol. The highest BCUT2D eigenvalue weighted by Crippen LogP contribution is 2.19. The Hall–Kier alpha value is -0.930. The third-order valence-electron chi connectivity index (χ3n) is 2.72. The third-order valence-corrected chi connectivity index (χ3v) is 3.43. The number of benzene rings is 1. The highest BCUT2D eigenvalue weighted by Gasteiger charge is 2.16. The molecule has 0 unspecified atom stereocenters. The molecule has 19 heavy (non-hydrogen) atoms. The van der Waals surface area contributed by atoms with Gasteiger partial charge in [-0.2, -0.15) is 0 Å². The first-order chi connectivity index (χ1) is 8.58. The van der Waals surface area contributed by atoms with Crippen LogP contribution in [0.2, 0.25) is 0 Å². The van der Waals surface area contributed by atoms with Crippen LogP contribution in [-0.2, 0) is 6.54 Å². The highest BCUT2D eigenvalue weighted by molar-refractivity contribution is 7.80. The molecule has 0 bridgehead atoms. The zero-order valence-corrected chi connectivity index (χ0v) is 13.7. The van der Waals surface area contributed by atoms with Gasteiger partial charge in [-0.05, 0) is 38.5 Å². The van der Waals surface area contributed by atoms with Crippen molar-refractivity contribution in [3.05, 3.63) is 29.8 Å². The fourth-order valence-electron chi connectivity index (χ4n) is 1.39. The molecule has 3 heteroatoms. The topological polar surface area (TPSA) is 24.1 Å². The molecule has 106 valence electrons. The van der Waals surface area contributed by atoms with Gasteiger partial charge in [-0.1, -0.05) is 45.1 Å². The first-order valence-corrected chi connectivity index (χ1v) is 7.14. The van der Waals surface area contributed by atoms with Gasteiger partial charge in [0.2, 0.25) is 0 Å². The Labute approximate surface area is 123 Å². The Morgan fingerprint density at radius 1 is 1.00 bits per heavy atom. The van der Waals surface area contributed by atoms with E-state index < -0.39 is 0 Å². The van der Waals surface area contributed by atoms with Gasteiger partial charge in [-0.3, -0.25) is 0 Å². The van der Waals surface area contributed by atoms with Gasteiger partial charge in [-0.25, -0.2) is 0 Å². The first kappa shape index (κ1) is 16.1. The molecule has 1 aromatic carbocycles. The van der Waals surface area contributed by atoms with Crippen molar-refractivity contribution >= 4 is 22.9 Å². The van der Waals surface area contributed by atoms with Gasteiger partial charge in [0, 0.05) is 23.2 Å². The van der Waals surface area contributed by atoms with Crippen molar-refractivity contribution in [2.75, 3.05) is 5.32 Å². The molecular weight excluding hydrogens is 252 g/mol. The van der Waals surface area contributed by atoms with Crippen LogP contribution in [0, 0.1) is 5.41 Å². The summed E-state index contributed by atoms with van der Waals surface area (Å²) in [5, 5.41) is 6.77. The summed E-state index contributed by atoms with van der Waals surface area (Å²) in [6.07, 6.45) is 0. The summed E-state index contributed by atoms with van der Waals surface area (Å²) in [6.45, 7) is 13.7. The van der Waals surface area contributed by atoms with Crippen LogP contribution < -0.4 is 10.6 Å². The van der Waals surface area contributed by atoms with Crippen LogP contribution in [0.25, 0.3) is 0 Å². The lowest BCUT2D eigenvalue weighted by Crippen LogP contribution is -2.35. The Kier molecular flexibility index (Phi) is 5.11. The van der Waals surface area contributed by atoms with Gasteiger partial charge >= 0.3 is 0 Å². The maximum atomic E-state index is 5.38. The van der Waals surface area contributed by atoms with E-state index in [4.69, 9.17) is 12.2 Å². The molecule has 0 aliphatic carbocycles. The molecule has 0 amide bonds. The van der Waals surface area contributed by atoms with Gasteiger partial charge in [0.15, 0.2) is 0 Å². The second-order valence-electron chi connectivity index (χ2n) is 7.00. The van der Waals surface area contributed by atoms with E-state index >= 15 is 0 Å². The summed E-state index contributed by atoms with van der Waals surface area (Å²) in [6, 6.07) is 8.42. The van der Waals surface area contributed by atoms with E-state index in [9.17, 15) is 0 Å². The minimum Gasteiger partial charge on any atom is -0.350 e. The van der Waals surface area contributed by atoms with Crippen LogP contribution in [0.3, 0.4) is 0 Å². The monoisotopic (exact) mass is 278 g/mol. The molecular formula is C16H26N2S. The average molecular weight is 278 g/mol. The summed E-state index contributed by atoms with van der Waals surface area (Å²) in [5.41, 5.74) is 2.48. The standard InChI is InChI=1S/C16H26N2S/c1-15(2,3)14(19)18-13-9-7-12(8-10-13)11-17-16(4,5)6/h7-10,17H,11H2,1-6H3,(H,18,19). The molecule has 1 aromatic rings. The smallest absolute Gasteiger partial charge is 0.0851 e. The van der Waals surface area contributed by atoms with E-state index in [2.05, 4.69) is 76.4 Å².